The van der Waals surface area contributed by atoms with Gasteiger partial charge < -0.3 is 15.6 Å². The number of methoxy groups -OCH3 is 1. The minimum Gasteiger partial charge on any atom is -0.505 e. The van der Waals surface area contributed by atoms with E-state index in [2.05, 4.69) is 4.74 Å². The number of benzene rings is 1. The first-order chi connectivity index (χ1) is 7.06. The summed E-state index contributed by atoms with van der Waals surface area (Å²) in [5, 5.41) is 9.35. The summed E-state index contributed by atoms with van der Waals surface area (Å²) in [7, 11) is 1.24. The summed E-state index contributed by atoms with van der Waals surface area (Å²) >= 11 is 0. The summed E-state index contributed by atoms with van der Waals surface area (Å²) in [6, 6.07) is 3.23. The monoisotopic (exact) mass is 249 g/mol. The molecule has 1 aromatic carbocycles. The molecular weight excluding hydrogens is 237 g/mol. The molecule has 0 fully saturated rings. The first-order valence-corrected chi connectivity index (χ1v) is 4.36. The Labute approximate surface area is 98.6 Å². The van der Waals surface area contributed by atoms with E-state index in [0.717, 1.165) is 6.07 Å². The van der Waals surface area contributed by atoms with Crippen molar-refractivity contribution in [3.05, 3.63) is 29.6 Å². The van der Waals surface area contributed by atoms with Crippen LogP contribution in [0, 0.1) is 5.82 Å². The zero-order chi connectivity index (χ0) is 11.4. The first-order valence-electron chi connectivity index (χ1n) is 4.36. The number of aromatic hydroxyl groups is 1. The van der Waals surface area contributed by atoms with Crippen LogP contribution in [0.15, 0.2) is 18.2 Å². The lowest BCUT2D eigenvalue weighted by Crippen LogP contribution is -2.16. The van der Waals surface area contributed by atoms with Crippen LogP contribution >= 0.6 is 12.4 Å². The Hall–Kier alpha value is -1.33. The van der Waals surface area contributed by atoms with E-state index in [0.29, 0.717) is 0 Å². The van der Waals surface area contributed by atoms with Crippen molar-refractivity contribution in [3.8, 4) is 5.75 Å². The van der Waals surface area contributed by atoms with Crippen molar-refractivity contribution in [3.63, 3.8) is 0 Å². The lowest BCUT2D eigenvalue weighted by molar-refractivity contribution is -0.141. The lowest BCUT2D eigenvalue weighted by atomic mass is 10.0. The number of carbonyl (C=O) groups is 1. The third-order valence-electron chi connectivity index (χ3n) is 2.03. The Balaban J connectivity index is 0.00000225. The average molecular weight is 250 g/mol. The molecule has 0 bridgehead atoms. The van der Waals surface area contributed by atoms with Gasteiger partial charge in [0.2, 0.25) is 0 Å². The van der Waals surface area contributed by atoms with Gasteiger partial charge in [-0.05, 0) is 6.07 Å². The highest BCUT2D eigenvalue weighted by Gasteiger charge is 2.17. The quantitative estimate of drug-likeness (QED) is 0.797. The Morgan fingerprint density at radius 2 is 2.25 bits per heavy atom. The largest absolute Gasteiger partial charge is 0.505 e. The molecule has 0 amide bonds. The molecule has 1 atom stereocenters. The second-order valence-electron chi connectivity index (χ2n) is 3.06. The molecule has 6 heteroatoms. The minimum atomic E-state index is -0.770. The number of hydrogen-bond acceptors (Lipinski definition) is 4. The Bertz CT molecular complexity index is 373. The van der Waals surface area contributed by atoms with E-state index in [1.54, 1.807) is 0 Å². The minimum absolute atomic E-state index is 0. The normalized spacial score (nSPS) is 11.4. The zero-order valence-corrected chi connectivity index (χ0v) is 9.46. The number of ether oxygens (including phenoxy) is 1. The predicted octanol–water partition coefficient (Wildman–Crippen LogP) is 1.52. The third-order valence-corrected chi connectivity index (χ3v) is 2.03. The van der Waals surface area contributed by atoms with Crippen LogP contribution in [0.3, 0.4) is 0 Å². The van der Waals surface area contributed by atoms with Gasteiger partial charge in [0.1, 0.15) is 0 Å². The molecule has 0 aliphatic heterocycles. The fourth-order valence-electron chi connectivity index (χ4n) is 1.20. The molecule has 0 radical (unpaired) electrons. The highest BCUT2D eigenvalue weighted by atomic mass is 35.5. The molecule has 0 saturated carbocycles. The number of para-hydroxylation sites is 1. The second-order valence-corrected chi connectivity index (χ2v) is 3.06. The number of phenolic OH excluding ortho intramolecular Hbond substituents is 1. The molecule has 90 valence electrons. The van der Waals surface area contributed by atoms with Gasteiger partial charge in [-0.25, -0.2) is 4.39 Å². The van der Waals surface area contributed by atoms with Crippen molar-refractivity contribution >= 4 is 18.4 Å². The van der Waals surface area contributed by atoms with E-state index >= 15 is 0 Å². The van der Waals surface area contributed by atoms with Crippen LogP contribution < -0.4 is 5.73 Å². The van der Waals surface area contributed by atoms with E-state index in [4.69, 9.17) is 5.73 Å². The standard InChI is InChI=1S/C10H12FNO3.ClH/c1-15-9(13)5-8(12)6-3-2-4-7(11)10(6)14;/h2-4,8,14H,5,12H2,1H3;1H/t8-;/m1./s1. The van der Waals surface area contributed by atoms with Gasteiger partial charge in [-0.2, -0.15) is 0 Å². The van der Waals surface area contributed by atoms with Gasteiger partial charge in [0.05, 0.1) is 13.5 Å². The number of carbonyl (C=O) groups excluding carboxylic acids is 1. The average Bonchev–Trinajstić information content (AvgIpc) is 2.21. The predicted molar refractivity (Wildman–Crippen MR) is 58.9 cm³/mol. The van der Waals surface area contributed by atoms with Crippen LogP contribution in [0.25, 0.3) is 0 Å². The van der Waals surface area contributed by atoms with Crippen LogP contribution in [-0.2, 0) is 9.53 Å². The Morgan fingerprint density at radius 3 is 2.81 bits per heavy atom. The number of esters is 1. The van der Waals surface area contributed by atoms with Gasteiger partial charge in [0.25, 0.3) is 0 Å². The summed E-state index contributed by atoms with van der Waals surface area (Å²) in [6.07, 6.45) is -0.104. The fourth-order valence-corrected chi connectivity index (χ4v) is 1.20. The maximum Gasteiger partial charge on any atom is 0.307 e. The summed E-state index contributed by atoms with van der Waals surface area (Å²) in [5.41, 5.74) is 5.81. The molecule has 0 aromatic heterocycles. The molecule has 4 nitrogen and oxygen atoms in total. The topological polar surface area (TPSA) is 72.5 Å². The van der Waals surface area contributed by atoms with Crippen LogP contribution in [0.1, 0.15) is 18.0 Å². The second kappa shape index (κ2) is 6.30. The SMILES string of the molecule is COC(=O)C[C@@H](N)c1cccc(F)c1O.Cl. The van der Waals surface area contributed by atoms with E-state index < -0.39 is 23.6 Å². The van der Waals surface area contributed by atoms with Gasteiger partial charge >= 0.3 is 5.97 Å². The maximum absolute atomic E-state index is 12.9. The molecule has 1 aromatic rings. The number of rotatable bonds is 3. The van der Waals surface area contributed by atoms with Crippen molar-refractivity contribution in [2.45, 2.75) is 12.5 Å². The number of hydrogen-bond donors (Lipinski definition) is 2. The molecule has 1 rings (SSSR count). The van der Waals surface area contributed by atoms with E-state index in [1.165, 1.54) is 19.2 Å². The van der Waals surface area contributed by atoms with E-state index in [-0.39, 0.29) is 24.4 Å². The molecule has 0 aliphatic carbocycles. The van der Waals surface area contributed by atoms with E-state index in [1.807, 2.05) is 0 Å². The Morgan fingerprint density at radius 1 is 1.62 bits per heavy atom. The van der Waals surface area contributed by atoms with Gasteiger partial charge in [-0.1, -0.05) is 12.1 Å². The van der Waals surface area contributed by atoms with Crippen LogP contribution in [-0.4, -0.2) is 18.2 Å². The smallest absolute Gasteiger partial charge is 0.307 e. The van der Waals surface area contributed by atoms with Gasteiger partial charge in [0.15, 0.2) is 11.6 Å². The van der Waals surface area contributed by atoms with Crippen LogP contribution in [0.4, 0.5) is 4.39 Å². The molecule has 16 heavy (non-hydrogen) atoms. The maximum atomic E-state index is 12.9. The summed E-state index contributed by atoms with van der Waals surface area (Å²) in [4.78, 5) is 10.9. The lowest BCUT2D eigenvalue weighted by Gasteiger charge is -2.12. The number of phenols is 1. The molecule has 0 saturated heterocycles. The molecular formula is C10H13ClFNO3. The summed E-state index contributed by atoms with van der Waals surface area (Å²) < 4.78 is 17.4. The Kier molecular flexibility index (Phi) is 5.77. The highest BCUT2D eigenvalue weighted by Crippen LogP contribution is 2.27. The third kappa shape index (κ3) is 3.36. The molecule has 0 heterocycles. The fraction of sp³-hybridized carbons (Fsp3) is 0.300. The van der Waals surface area contributed by atoms with Gasteiger partial charge in [-0.15, -0.1) is 12.4 Å². The van der Waals surface area contributed by atoms with Crippen molar-refractivity contribution in [2.24, 2.45) is 5.73 Å². The molecule has 3 N–H and O–H groups in total. The number of nitrogens with two attached hydrogens (primary N) is 1. The van der Waals surface area contributed by atoms with Crippen molar-refractivity contribution in [1.82, 2.24) is 0 Å². The van der Waals surface area contributed by atoms with Gasteiger partial charge in [0, 0.05) is 11.6 Å². The van der Waals surface area contributed by atoms with E-state index in [9.17, 15) is 14.3 Å². The molecule has 0 aliphatic rings. The first kappa shape index (κ1) is 14.7. The zero-order valence-electron chi connectivity index (χ0n) is 8.64. The van der Waals surface area contributed by atoms with Gasteiger partial charge in [-0.3, -0.25) is 4.79 Å². The summed E-state index contributed by atoms with van der Waals surface area (Å²) in [6.45, 7) is 0. The van der Waals surface area contributed by atoms with Crippen molar-refractivity contribution in [1.29, 1.82) is 0 Å². The van der Waals surface area contributed by atoms with Crippen molar-refractivity contribution < 1.29 is 19.0 Å². The number of halogens is 2. The highest BCUT2D eigenvalue weighted by molar-refractivity contribution is 5.85. The molecule has 0 spiro atoms. The van der Waals surface area contributed by atoms with Crippen LogP contribution in [0.2, 0.25) is 0 Å². The summed E-state index contributed by atoms with van der Waals surface area (Å²) in [5.74, 6) is -1.78. The van der Waals surface area contributed by atoms with Crippen molar-refractivity contribution in [2.75, 3.05) is 7.11 Å². The van der Waals surface area contributed by atoms with Crippen LogP contribution in [0.5, 0.6) is 5.75 Å². The molecule has 0 unspecified atom stereocenters.